The molecule has 2 bridgehead atoms. The number of nitrogens with zero attached hydrogens (tertiary/aromatic N) is 5. The molecular formula is C24H43N5O9P4S. The highest BCUT2D eigenvalue weighted by Crippen LogP contribution is 2.59. The summed E-state index contributed by atoms with van der Waals surface area (Å²) in [6.45, 7) is 6.18. The molecule has 0 radical (unpaired) electrons. The van der Waals surface area contributed by atoms with E-state index in [-0.39, 0.29) is 18.7 Å². The molecule has 0 spiro atoms. The largest absolute Gasteiger partial charge is 0.344 e. The van der Waals surface area contributed by atoms with Crippen LogP contribution in [0.3, 0.4) is 0 Å². The molecule has 0 aromatic heterocycles. The number of nitriles is 1. The fraction of sp³-hybridized carbons (Fsp3) is 0.708. The minimum absolute atomic E-state index is 0.178. The molecule has 1 aromatic rings. The Morgan fingerprint density at radius 3 is 1.58 bits per heavy atom. The van der Waals surface area contributed by atoms with Crippen LogP contribution in [0.5, 0.6) is 0 Å². The Morgan fingerprint density at radius 2 is 1.12 bits per heavy atom. The molecule has 14 nitrogen and oxygen atoms in total. The standard InChI is InChI=1S/C24H43N5O9P4S/c25-18-43-24-5-3-23(4-6-24)17-39(30,31)21-40(32,33)19-28-9-1-7-27-12-11-26(13-15-28)8-2-10-29(16-14-27)20-41(34,35)22-42(36,37)38/h3-6H,1-2,7-17,19-22H2,(H,30,31)(H,32,33)(H,34,35)(H2,36,37,38). The zero-order chi connectivity index (χ0) is 31.7. The molecule has 2 heterocycles. The van der Waals surface area contributed by atoms with E-state index in [1.165, 1.54) is 0 Å². The van der Waals surface area contributed by atoms with Crippen molar-refractivity contribution in [2.75, 3.05) is 89.8 Å². The van der Waals surface area contributed by atoms with Crippen molar-refractivity contribution in [1.29, 1.82) is 5.26 Å². The highest BCUT2D eigenvalue weighted by Gasteiger charge is 2.34. The van der Waals surface area contributed by atoms with Crippen molar-refractivity contribution in [3.8, 4) is 5.40 Å². The van der Waals surface area contributed by atoms with Crippen LogP contribution in [-0.4, -0.2) is 134 Å². The van der Waals surface area contributed by atoms with Gasteiger partial charge in [0.15, 0.2) is 0 Å². The molecule has 43 heavy (non-hydrogen) atoms. The van der Waals surface area contributed by atoms with Gasteiger partial charge in [-0.15, -0.1) is 0 Å². The van der Waals surface area contributed by atoms with E-state index in [9.17, 15) is 42.7 Å². The van der Waals surface area contributed by atoms with E-state index in [0.717, 1.165) is 24.9 Å². The number of hydrogen-bond acceptors (Lipinski definition) is 10. The molecule has 2 saturated heterocycles. The molecule has 5 unspecified atom stereocenters. The minimum atomic E-state index is -4.62. The molecule has 1 aromatic carbocycles. The fourth-order valence-corrected chi connectivity index (χ4v) is 14.6. The number of thioether (sulfide) groups is 1. The number of fused-ring (bicyclic) bond motifs is 3. The molecule has 5 N–H and O–H groups in total. The van der Waals surface area contributed by atoms with Crippen LogP contribution in [-0.2, 0) is 24.4 Å². The summed E-state index contributed by atoms with van der Waals surface area (Å²) in [5, 5.41) is 10.7. The summed E-state index contributed by atoms with van der Waals surface area (Å²) >= 11 is 0.982. The average molecular weight is 702 g/mol. The minimum Gasteiger partial charge on any atom is -0.344 e. The van der Waals surface area contributed by atoms with Gasteiger partial charge in [-0.1, -0.05) is 12.1 Å². The zero-order valence-corrected chi connectivity index (χ0v) is 28.5. The van der Waals surface area contributed by atoms with E-state index in [0.29, 0.717) is 75.7 Å². The summed E-state index contributed by atoms with van der Waals surface area (Å²) in [6.07, 6.45) is 0.701. The summed E-state index contributed by atoms with van der Waals surface area (Å²) in [4.78, 5) is 58.8. The smallest absolute Gasteiger partial charge is 0.335 e. The lowest BCUT2D eigenvalue weighted by Crippen LogP contribution is -2.47. The third-order valence-electron chi connectivity index (χ3n) is 7.30. The van der Waals surface area contributed by atoms with E-state index in [1.807, 2.05) is 10.3 Å². The molecule has 2 fully saturated rings. The first kappa shape index (κ1) is 37.1. The molecular weight excluding hydrogens is 658 g/mol. The average Bonchev–Trinajstić information content (AvgIpc) is 2.86. The molecule has 19 heteroatoms. The monoisotopic (exact) mass is 701 g/mol. The summed E-state index contributed by atoms with van der Waals surface area (Å²) in [7, 11) is -16.6. The summed E-state index contributed by atoms with van der Waals surface area (Å²) in [5.41, 5.74) is 0.562. The van der Waals surface area contributed by atoms with Crippen molar-refractivity contribution in [2.45, 2.75) is 23.9 Å². The second-order valence-corrected chi connectivity index (χ2v) is 21.8. The zero-order valence-electron chi connectivity index (χ0n) is 24.1. The van der Waals surface area contributed by atoms with Gasteiger partial charge in [0.05, 0.1) is 18.7 Å². The second kappa shape index (κ2) is 16.4. The van der Waals surface area contributed by atoms with Gasteiger partial charge >= 0.3 is 7.60 Å². The molecule has 2 aliphatic heterocycles. The van der Waals surface area contributed by atoms with E-state index >= 15 is 0 Å². The van der Waals surface area contributed by atoms with Crippen LogP contribution in [0.1, 0.15) is 18.4 Å². The molecule has 2 aliphatic rings. The normalized spacial score (nSPS) is 26.0. The van der Waals surface area contributed by atoms with Crippen molar-refractivity contribution in [3.05, 3.63) is 29.8 Å². The lowest BCUT2D eigenvalue weighted by Gasteiger charge is -2.36. The van der Waals surface area contributed by atoms with Crippen LogP contribution in [0.2, 0.25) is 0 Å². The van der Waals surface area contributed by atoms with Crippen LogP contribution in [0.4, 0.5) is 0 Å². The van der Waals surface area contributed by atoms with Crippen LogP contribution in [0.15, 0.2) is 29.2 Å². The van der Waals surface area contributed by atoms with E-state index in [4.69, 9.17) is 5.26 Å². The number of benzene rings is 1. The van der Waals surface area contributed by atoms with Gasteiger partial charge in [-0.25, -0.2) is 0 Å². The van der Waals surface area contributed by atoms with Gasteiger partial charge < -0.3 is 34.3 Å². The van der Waals surface area contributed by atoms with Crippen molar-refractivity contribution >= 4 is 41.5 Å². The SMILES string of the molecule is N#CSc1ccc(CP(=O)(O)CP(=O)(O)CN2CCCN3CCN(CCCN(CP(=O)(O)CP(=O)(O)O)CC3)CC2)cc1. The van der Waals surface area contributed by atoms with Crippen LogP contribution >= 0.6 is 41.5 Å². The Morgan fingerprint density at radius 1 is 0.651 bits per heavy atom. The first-order valence-electron chi connectivity index (χ1n) is 14.0. The Labute approximate surface area is 257 Å². The predicted octanol–water partition coefficient (Wildman–Crippen LogP) is 2.59. The van der Waals surface area contributed by atoms with Crippen molar-refractivity contribution in [2.24, 2.45) is 0 Å². The number of hydrogen-bond donors (Lipinski definition) is 5. The molecule has 3 rings (SSSR count). The maximum absolute atomic E-state index is 13.2. The maximum atomic E-state index is 13.2. The van der Waals surface area contributed by atoms with E-state index in [1.54, 1.807) is 29.2 Å². The Hall–Kier alpha value is -0.380. The van der Waals surface area contributed by atoms with Crippen molar-refractivity contribution in [3.63, 3.8) is 0 Å². The van der Waals surface area contributed by atoms with Gasteiger partial charge in [0.1, 0.15) is 17.2 Å². The lowest BCUT2D eigenvalue weighted by molar-refractivity contribution is 0.129. The van der Waals surface area contributed by atoms with Crippen molar-refractivity contribution in [1.82, 2.24) is 19.6 Å². The topological polar surface area (TPSA) is 206 Å². The summed E-state index contributed by atoms with van der Waals surface area (Å²) in [6, 6.07) is 6.65. The fourth-order valence-electron chi connectivity index (χ4n) is 5.46. The molecule has 244 valence electrons. The molecule has 0 saturated carbocycles. The van der Waals surface area contributed by atoms with Gasteiger partial charge in [0, 0.05) is 44.2 Å². The Bertz CT molecular complexity index is 1290. The van der Waals surface area contributed by atoms with E-state index < -0.39 is 41.5 Å². The second-order valence-electron chi connectivity index (χ2n) is 11.4. The van der Waals surface area contributed by atoms with Gasteiger partial charge in [-0.2, -0.15) is 5.26 Å². The highest BCUT2D eigenvalue weighted by atomic mass is 32.2. The lowest BCUT2D eigenvalue weighted by atomic mass is 10.2. The van der Waals surface area contributed by atoms with Gasteiger partial charge in [0.2, 0.25) is 22.1 Å². The predicted molar refractivity (Wildman–Crippen MR) is 168 cm³/mol. The van der Waals surface area contributed by atoms with E-state index in [2.05, 4.69) is 9.80 Å². The number of thiocyanates is 1. The molecule has 0 aliphatic carbocycles. The van der Waals surface area contributed by atoms with Gasteiger partial charge in [-0.05, 0) is 68.5 Å². The molecule has 0 amide bonds. The molecule has 5 atom stereocenters. The van der Waals surface area contributed by atoms with Crippen LogP contribution in [0.25, 0.3) is 0 Å². The quantitative estimate of drug-likeness (QED) is 0.128. The summed E-state index contributed by atoms with van der Waals surface area (Å²) < 4.78 is 50.0. The third-order valence-corrected chi connectivity index (χ3v) is 17.2. The number of rotatable bonds is 11. The first-order chi connectivity index (χ1) is 20.0. The Kier molecular flexibility index (Phi) is 14.2. The van der Waals surface area contributed by atoms with Crippen molar-refractivity contribution < 1.29 is 42.7 Å². The first-order valence-corrected chi connectivity index (χ1v) is 22.7. The summed E-state index contributed by atoms with van der Waals surface area (Å²) in [5.74, 6) is -1.70. The van der Waals surface area contributed by atoms with Gasteiger partial charge in [-0.3, -0.25) is 28.1 Å². The maximum Gasteiger partial charge on any atom is 0.335 e. The third kappa shape index (κ3) is 14.7. The van der Waals surface area contributed by atoms with Crippen LogP contribution < -0.4 is 0 Å². The highest BCUT2D eigenvalue weighted by molar-refractivity contribution is 8.03. The van der Waals surface area contributed by atoms with Gasteiger partial charge in [0.25, 0.3) is 0 Å². The Balaban J connectivity index is 1.58. The van der Waals surface area contributed by atoms with Crippen LogP contribution in [0, 0.1) is 10.7 Å².